The van der Waals surface area contributed by atoms with E-state index in [4.69, 9.17) is 5.26 Å². The third-order valence-electron chi connectivity index (χ3n) is 2.74. The van der Waals surface area contributed by atoms with Crippen LogP contribution in [0.25, 0.3) is 0 Å². The molecule has 0 spiro atoms. The minimum Gasteiger partial charge on any atom is -0.211 e. The van der Waals surface area contributed by atoms with Crippen molar-refractivity contribution < 1.29 is 8.42 Å². The van der Waals surface area contributed by atoms with Crippen LogP contribution in [0.3, 0.4) is 0 Å². The molecule has 0 aliphatic carbocycles. The van der Waals surface area contributed by atoms with Gasteiger partial charge in [0.1, 0.15) is 0 Å². The summed E-state index contributed by atoms with van der Waals surface area (Å²) in [5.74, 6) is 0.274. The number of nitrogens with zero attached hydrogens (tertiary/aromatic N) is 1. The topological polar surface area (TPSA) is 70.0 Å². The molecule has 4 nitrogen and oxygen atoms in total. The molecule has 3 unspecified atom stereocenters. The van der Waals surface area contributed by atoms with E-state index >= 15 is 0 Å². The van der Waals surface area contributed by atoms with E-state index in [0.717, 1.165) is 6.42 Å². The highest BCUT2D eigenvalue weighted by atomic mass is 32.2. The summed E-state index contributed by atoms with van der Waals surface area (Å²) in [4.78, 5) is 0. The van der Waals surface area contributed by atoms with Crippen molar-refractivity contribution in [2.24, 2.45) is 5.92 Å². The Labute approximate surface area is 92.7 Å². The summed E-state index contributed by atoms with van der Waals surface area (Å²) in [6.45, 7) is 7.52. The summed E-state index contributed by atoms with van der Waals surface area (Å²) >= 11 is 0. The monoisotopic (exact) mass is 232 g/mol. The summed E-state index contributed by atoms with van der Waals surface area (Å²) in [7, 11) is -3.49. The summed E-state index contributed by atoms with van der Waals surface area (Å²) in [6, 6.07) is 1.68. The molecular weight excluding hydrogens is 212 g/mol. The highest BCUT2D eigenvalue weighted by molar-refractivity contribution is 7.90. The molecule has 3 atom stereocenters. The summed E-state index contributed by atoms with van der Waals surface area (Å²) in [5.41, 5.74) is 0. The molecule has 0 aromatic carbocycles. The van der Waals surface area contributed by atoms with E-state index in [1.165, 1.54) is 0 Å². The van der Waals surface area contributed by atoms with E-state index in [9.17, 15) is 8.42 Å². The quantitative estimate of drug-likeness (QED) is 0.757. The molecule has 88 valence electrons. The molecule has 0 aliphatic rings. The lowest BCUT2D eigenvalue weighted by Gasteiger charge is -2.21. The van der Waals surface area contributed by atoms with Gasteiger partial charge >= 0.3 is 0 Å². The molecule has 0 amide bonds. The molecule has 0 aromatic heterocycles. The van der Waals surface area contributed by atoms with E-state index in [1.807, 2.05) is 20.8 Å². The smallest absolute Gasteiger partial charge is 0.211 e. The number of nitrogens with one attached hydrogen (secondary N) is 1. The minimum atomic E-state index is -3.49. The van der Waals surface area contributed by atoms with Gasteiger partial charge in [0, 0.05) is 6.04 Å². The number of nitriles is 1. The minimum absolute atomic E-state index is 0.123. The van der Waals surface area contributed by atoms with Gasteiger partial charge in [0.25, 0.3) is 0 Å². The van der Waals surface area contributed by atoms with Gasteiger partial charge in [-0.05, 0) is 19.3 Å². The van der Waals surface area contributed by atoms with Crippen LogP contribution in [-0.4, -0.2) is 19.7 Å². The number of sulfonamides is 1. The van der Waals surface area contributed by atoms with Gasteiger partial charge < -0.3 is 0 Å². The standard InChI is InChI=1S/C10H20N2O2S/c1-5-8(3)9(4)12-15(13,14)10(6-2)7-11/h8-10,12H,5-6H2,1-4H3. The number of hydrogen-bond donors (Lipinski definition) is 1. The zero-order valence-electron chi connectivity index (χ0n) is 9.82. The molecule has 0 saturated heterocycles. The third-order valence-corrected chi connectivity index (χ3v) is 4.63. The molecule has 0 saturated carbocycles. The normalized spacial score (nSPS) is 17.8. The van der Waals surface area contributed by atoms with Crippen LogP contribution in [0.4, 0.5) is 0 Å². The lowest BCUT2D eigenvalue weighted by atomic mass is 10.0. The fourth-order valence-corrected chi connectivity index (χ4v) is 2.68. The Morgan fingerprint density at radius 2 is 1.80 bits per heavy atom. The fourth-order valence-electron chi connectivity index (χ4n) is 1.19. The van der Waals surface area contributed by atoms with Gasteiger partial charge in [-0.2, -0.15) is 5.26 Å². The van der Waals surface area contributed by atoms with Crippen LogP contribution >= 0.6 is 0 Å². The second kappa shape index (κ2) is 6.09. The first kappa shape index (κ1) is 14.4. The summed E-state index contributed by atoms with van der Waals surface area (Å²) in [5, 5.41) is 7.76. The van der Waals surface area contributed by atoms with Gasteiger partial charge in [0.15, 0.2) is 5.25 Å². The Kier molecular flexibility index (Phi) is 5.84. The predicted octanol–water partition coefficient (Wildman–Crippen LogP) is 1.64. The van der Waals surface area contributed by atoms with Gasteiger partial charge in [-0.3, -0.25) is 0 Å². The summed E-state index contributed by atoms with van der Waals surface area (Å²) in [6.07, 6.45) is 1.23. The Morgan fingerprint density at radius 1 is 1.27 bits per heavy atom. The van der Waals surface area contributed by atoms with Gasteiger partial charge in [0.05, 0.1) is 6.07 Å². The van der Waals surface area contributed by atoms with Crippen molar-refractivity contribution in [1.29, 1.82) is 5.26 Å². The van der Waals surface area contributed by atoms with Crippen LogP contribution in [-0.2, 0) is 10.0 Å². The molecule has 0 radical (unpaired) electrons. The van der Waals surface area contributed by atoms with Crippen molar-refractivity contribution in [2.75, 3.05) is 0 Å². The van der Waals surface area contributed by atoms with Crippen molar-refractivity contribution in [3.63, 3.8) is 0 Å². The number of rotatable bonds is 6. The van der Waals surface area contributed by atoms with Gasteiger partial charge in [0.2, 0.25) is 10.0 Å². The van der Waals surface area contributed by atoms with Crippen LogP contribution in [0.2, 0.25) is 0 Å². The largest absolute Gasteiger partial charge is 0.228 e. The van der Waals surface area contributed by atoms with Crippen molar-refractivity contribution >= 4 is 10.0 Å². The zero-order valence-corrected chi connectivity index (χ0v) is 10.6. The van der Waals surface area contributed by atoms with Crippen LogP contribution in [0.1, 0.15) is 40.5 Å². The maximum Gasteiger partial charge on any atom is 0.228 e. The molecule has 0 heterocycles. The van der Waals surface area contributed by atoms with E-state index < -0.39 is 15.3 Å². The van der Waals surface area contributed by atoms with E-state index in [1.54, 1.807) is 13.0 Å². The first-order chi connectivity index (χ1) is 6.88. The maximum absolute atomic E-state index is 11.7. The Morgan fingerprint density at radius 3 is 2.13 bits per heavy atom. The van der Waals surface area contributed by atoms with Crippen molar-refractivity contribution in [3.05, 3.63) is 0 Å². The molecule has 0 fully saturated rings. The first-order valence-electron chi connectivity index (χ1n) is 5.29. The zero-order chi connectivity index (χ0) is 12.1. The van der Waals surface area contributed by atoms with E-state index in [0.29, 0.717) is 6.42 Å². The molecule has 0 rings (SSSR count). The van der Waals surface area contributed by atoms with Crippen molar-refractivity contribution in [2.45, 2.75) is 51.8 Å². The van der Waals surface area contributed by atoms with E-state index in [-0.39, 0.29) is 12.0 Å². The molecule has 0 bridgehead atoms. The number of hydrogen-bond acceptors (Lipinski definition) is 3. The van der Waals surface area contributed by atoms with Crippen LogP contribution in [0, 0.1) is 17.2 Å². The van der Waals surface area contributed by atoms with E-state index in [2.05, 4.69) is 4.72 Å². The fraction of sp³-hybridized carbons (Fsp3) is 0.900. The SMILES string of the molecule is CCC(C)C(C)NS(=O)(=O)C(C#N)CC. The van der Waals surface area contributed by atoms with Gasteiger partial charge in [-0.25, -0.2) is 13.1 Å². The molecule has 0 aliphatic heterocycles. The predicted molar refractivity (Wildman–Crippen MR) is 60.7 cm³/mol. The summed E-state index contributed by atoms with van der Waals surface area (Å²) < 4.78 is 25.9. The highest BCUT2D eigenvalue weighted by Crippen LogP contribution is 2.10. The average molecular weight is 232 g/mol. The van der Waals surface area contributed by atoms with Gasteiger partial charge in [-0.1, -0.05) is 27.2 Å². The van der Waals surface area contributed by atoms with Crippen molar-refractivity contribution in [3.8, 4) is 6.07 Å². The molecule has 1 N–H and O–H groups in total. The second-order valence-electron chi connectivity index (χ2n) is 3.86. The lowest BCUT2D eigenvalue weighted by Crippen LogP contribution is -2.41. The van der Waals surface area contributed by atoms with Crippen LogP contribution in [0.15, 0.2) is 0 Å². The molecule has 15 heavy (non-hydrogen) atoms. The maximum atomic E-state index is 11.7. The molecule has 0 aromatic rings. The third kappa shape index (κ3) is 4.18. The van der Waals surface area contributed by atoms with Gasteiger partial charge in [-0.15, -0.1) is 0 Å². The highest BCUT2D eigenvalue weighted by Gasteiger charge is 2.26. The average Bonchev–Trinajstić information content (AvgIpc) is 2.17. The van der Waals surface area contributed by atoms with Crippen LogP contribution in [0.5, 0.6) is 0 Å². The Bertz CT molecular complexity index is 319. The van der Waals surface area contributed by atoms with Crippen molar-refractivity contribution in [1.82, 2.24) is 4.72 Å². The Balaban J connectivity index is 4.59. The lowest BCUT2D eigenvalue weighted by molar-refractivity contribution is 0.432. The first-order valence-corrected chi connectivity index (χ1v) is 6.84. The molecular formula is C10H20N2O2S. The Hall–Kier alpha value is -0.600. The second-order valence-corrected chi connectivity index (χ2v) is 5.76. The van der Waals surface area contributed by atoms with Crippen LogP contribution < -0.4 is 4.72 Å². The molecule has 5 heteroatoms.